The number of ketones is 1. The molecule has 2 fully saturated rings. The number of hydrogen-bond donors (Lipinski definition) is 2. The van der Waals surface area contributed by atoms with E-state index in [2.05, 4.69) is 93.0 Å². The first-order chi connectivity index (χ1) is 22.1. The quantitative estimate of drug-likeness (QED) is 0.312. The standard InChI is InChI=1S/C29H39NO.C10H14.C2H6.CH5NO/c1-18-12-14-22(15-13-18)16-23-9-7-10-24(17-23)27(25-11-6-5-8-19(25)2)26-20(3)29(31)21(4)28(26)30;1-3-9(2)10-7-5-4-6-8-10;1-2;1-3-2/h5-6,8,11,18,21-23,30H,7,9-10,12-17H2,1-4H3;4-9H,3H2,1-2H3;1-2H3;2H2,1H3/b27-24-,30-28?;;;. The zero-order chi connectivity index (χ0) is 34.2. The second-order valence-electron chi connectivity index (χ2n) is 13.6. The number of hydrogen-bond acceptors (Lipinski definition) is 4. The number of Topliss-reactive ketones (excluding diaryl/α,β-unsaturated/α-hetero) is 1. The zero-order valence-corrected chi connectivity index (χ0v) is 30.5. The summed E-state index contributed by atoms with van der Waals surface area (Å²) >= 11 is 0. The molecule has 254 valence electrons. The topological polar surface area (TPSA) is 76.2 Å². The Bertz CT molecular complexity index is 1280. The van der Waals surface area contributed by atoms with Crippen LogP contribution in [-0.4, -0.2) is 18.6 Å². The van der Waals surface area contributed by atoms with Crippen molar-refractivity contribution in [1.82, 2.24) is 0 Å². The SMILES string of the molecule is CC.CC1=C(/C(=C2/CCCC(CC3CCC(C)CC3)C2)c2ccccc2C)C(=N)C(C)C1=O.CCC(C)c1ccccc1.CON. The Balaban J connectivity index is 0.000000409. The molecule has 3 aliphatic carbocycles. The number of nitrogens with two attached hydrogens (primary N) is 1. The monoisotopic (exact) mass is 628 g/mol. The van der Waals surface area contributed by atoms with E-state index >= 15 is 0 Å². The Morgan fingerprint density at radius 3 is 2.07 bits per heavy atom. The molecule has 3 atom stereocenters. The third-order valence-electron chi connectivity index (χ3n) is 10.3. The first-order valence-electron chi connectivity index (χ1n) is 18.0. The van der Waals surface area contributed by atoms with E-state index < -0.39 is 0 Å². The molecule has 2 aromatic rings. The van der Waals surface area contributed by atoms with Crippen molar-refractivity contribution >= 4 is 17.1 Å². The second kappa shape index (κ2) is 20.4. The highest BCUT2D eigenvalue weighted by atomic mass is 16.6. The van der Waals surface area contributed by atoms with Crippen molar-refractivity contribution in [2.24, 2.45) is 29.6 Å². The lowest BCUT2D eigenvalue weighted by molar-refractivity contribution is -0.116. The maximum absolute atomic E-state index is 12.8. The van der Waals surface area contributed by atoms with Crippen LogP contribution in [-0.2, 0) is 9.63 Å². The molecule has 5 rings (SSSR count). The summed E-state index contributed by atoms with van der Waals surface area (Å²) in [5, 5.41) is 8.80. The summed E-state index contributed by atoms with van der Waals surface area (Å²) in [6, 6.07) is 19.2. The predicted octanol–water partition coefficient (Wildman–Crippen LogP) is 11.4. The minimum atomic E-state index is -0.307. The number of allylic oxidation sites excluding steroid dienone is 4. The van der Waals surface area contributed by atoms with Gasteiger partial charge in [0.15, 0.2) is 5.78 Å². The highest BCUT2D eigenvalue weighted by Crippen LogP contribution is 2.45. The van der Waals surface area contributed by atoms with Gasteiger partial charge in [-0.3, -0.25) is 4.79 Å². The smallest absolute Gasteiger partial charge is 0.167 e. The molecular formula is C42H64N2O2. The van der Waals surface area contributed by atoms with Crippen LogP contribution in [0.4, 0.5) is 0 Å². The predicted molar refractivity (Wildman–Crippen MR) is 198 cm³/mol. The van der Waals surface area contributed by atoms with Gasteiger partial charge in [-0.05, 0) is 105 Å². The van der Waals surface area contributed by atoms with Gasteiger partial charge >= 0.3 is 0 Å². The van der Waals surface area contributed by atoms with Crippen molar-refractivity contribution in [3.8, 4) is 0 Å². The Morgan fingerprint density at radius 2 is 1.52 bits per heavy atom. The van der Waals surface area contributed by atoms with E-state index in [-0.39, 0.29) is 11.7 Å². The fraction of sp³-hybridized carbons (Fsp3) is 0.571. The number of rotatable bonds is 6. The number of carbonyl (C=O) groups excluding carboxylic acids is 1. The fourth-order valence-corrected chi connectivity index (χ4v) is 7.31. The molecule has 0 aliphatic heterocycles. The number of benzene rings is 2. The lowest BCUT2D eigenvalue weighted by Gasteiger charge is -2.33. The van der Waals surface area contributed by atoms with Crippen LogP contribution in [0.25, 0.3) is 5.57 Å². The molecule has 3 aliphatic rings. The van der Waals surface area contributed by atoms with Gasteiger partial charge in [-0.2, -0.15) is 0 Å². The molecule has 0 heterocycles. The third kappa shape index (κ3) is 10.9. The average molecular weight is 629 g/mol. The summed E-state index contributed by atoms with van der Waals surface area (Å²) < 4.78 is 0. The molecule has 0 saturated heterocycles. The van der Waals surface area contributed by atoms with E-state index in [1.54, 1.807) is 0 Å². The Labute approximate surface area is 281 Å². The fourth-order valence-electron chi connectivity index (χ4n) is 7.31. The van der Waals surface area contributed by atoms with E-state index in [1.165, 1.54) is 86.3 Å². The number of aryl methyl sites for hydroxylation is 1. The molecular weight excluding hydrogens is 564 g/mol. The minimum absolute atomic E-state index is 0.135. The largest absolute Gasteiger partial charge is 0.308 e. The van der Waals surface area contributed by atoms with Crippen LogP contribution < -0.4 is 5.90 Å². The first kappa shape index (κ1) is 39.4. The lowest BCUT2D eigenvalue weighted by Crippen LogP contribution is -2.19. The molecule has 2 saturated carbocycles. The van der Waals surface area contributed by atoms with Crippen LogP contribution in [0.5, 0.6) is 0 Å². The Hall–Kier alpha value is -2.82. The molecule has 0 radical (unpaired) electrons. The molecule has 0 amide bonds. The van der Waals surface area contributed by atoms with Crippen molar-refractivity contribution in [2.75, 3.05) is 7.11 Å². The van der Waals surface area contributed by atoms with Crippen molar-refractivity contribution in [3.05, 3.63) is 88.0 Å². The van der Waals surface area contributed by atoms with Gasteiger partial charge in [-0.25, -0.2) is 5.90 Å². The van der Waals surface area contributed by atoms with Gasteiger partial charge in [-0.15, -0.1) is 0 Å². The van der Waals surface area contributed by atoms with Gasteiger partial charge in [0.05, 0.1) is 18.7 Å². The molecule has 3 N–H and O–H groups in total. The molecule has 4 heteroatoms. The normalized spacial score (nSPS) is 24.5. The van der Waals surface area contributed by atoms with Crippen LogP contribution in [0.2, 0.25) is 0 Å². The molecule has 0 aromatic heterocycles. The summed E-state index contributed by atoms with van der Waals surface area (Å²) in [7, 11) is 1.40. The van der Waals surface area contributed by atoms with Crippen molar-refractivity contribution in [1.29, 1.82) is 5.41 Å². The van der Waals surface area contributed by atoms with Gasteiger partial charge in [0.2, 0.25) is 0 Å². The average Bonchev–Trinajstić information content (AvgIpc) is 3.27. The highest BCUT2D eigenvalue weighted by molar-refractivity contribution is 6.31. The van der Waals surface area contributed by atoms with E-state index in [1.807, 2.05) is 27.7 Å². The van der Waals surface area contributed by atoms with Crippen LogP contribution in [0, 0.1) is 36.0 Å². The molecule has 46 heavy (non-hydrogen) atoms. The Morgan fingerprint density at radius 1 is 0.935 bits per heavy atom. The van der Waals surface area contributed by atoms with Crippen LogP contribution in [0.3, 0.4) is 0 Å². The van der Waals surface area contributed by atoms with Gasteiger partial charge in [-0.1, -0.05) is 120 Å². The second-order valence-corrected chi connectivity index (χ2v) is 13.6. The summed E-state index contributed by atoms with van der Waals surface area (Å²) in [6.07, 6.45) is 13.0. The first-order valence-corrected chi connectivity index (χ1v) is 18.0. The summed E-state index contributed by atoms with van der Waals surface area (Å²) in [5.74, 6) is 7.45. The van der Waals surface area contributed by atoms with Crippen LogP contribution >= 0.6 is 0 Å². The van der Waals surface area contributed by atoms with E-state index in [0.717, 1.165) is 41.7 Å². The van der Waals surface area contributed by atoms with E-state index in [4.69, 9.17) is 5.41 Å². The maximum atomic E-state index is 12.8. The van der Waals surface area contributed by atoms with E-state index in [9.17, 15) is 4.79 Å². The van der Waals surface area contributed by atoms with Crippen LogP contribution in [0.1, 0.15) is 135 Å². The van der Waals surface area contributed by atoms with Gasteiger partial charge in [0, 0.05) is 11.1 Å². The highest BCUT2D eigenvalue weighted by Gasteiger charge is 2.36. The van der Waals surface area contributed by atoms with Gasteiger partial charge in [0.1, 0.15) is 0 Å². The minimum Gasteiger partial charge on any atom is -0.308 e. The summed E-state index contributed by atoms with van der Waals surface area (Å²) in [4.78, 5) is 16.5. The van der Waals surface area contributed by atoms with Crippen molar-refractivity contribution in [2.45, 2.75) is 126 Å². The van der Waals surface area contributed by atoms with Crippen LogP contribution in [0.15, 0.2) is 71.3 Å². The number of carbonyl (C=O) groups is 1. The third-order valence-corrected chi connectivity index (χ3v) is 10.3. The number of nitrogens with one attached hydrogen (secondary N) is 1. The summed E-state index contributed by atoms with van der Waals surface area (Å²) in [6.45, 7) is 16.9. The molecule has 0 bridgehead atoms. The summed E-state index contributed by atoms with van der Waals surface area (Å²) in [5.41, 5.74) is 8.90. The van der Waals surface area contributed by atoms with E-state index in [0.29, 0.717) is 11.6 Å². The van der Waals surface area contributed by atoms with Crippen molar-refractivity contribution in [3.63, 3.8) is 0 Å². The zero-order valence-electron chi connectivity index (χ0n) is 30.5. The van der Waals surface area contributed by atoms with Gasteiger partial charge < -0.3 is 10.2 Å². The molecule has 0 spiro atoms. The molecule has 4 nitrogen and oxygen atoms in total. The molecule has 3 unspecified atom stereocenters. The molecule has 2 aromatic carbocycles. The van der Waals surface area contributed by atoms with Gasteiger partial charge in [0.25, 0.3) is 0 Å². The van der Waals surface area contributed by atoms with Crippen molar-refractivity contribution < 1.29 is 9.63 Å². The maximum Gasteiger partial charge on any atom is 0.167 e. The Kier molecular flexibility index (Phi) is 17.5. The lowest BCUT2D eigenvalue weighted by atomic mass is 9.72.